The number of aliphatic hydroxyl groups is 1. The van der Waals surface area contributed by atoms with Crippen molar-refractivity contribution in [1.29, 1.82) is 0 Å². The van der Waals surface area contributed by atoms with E-state index in [4.69, 9.17) is 9.84 Å². The van der Waals surface area contributed by atoms with Crippen LogP contribution in [0.1, 0.15) is 37.8 Å². The maximum Gasteiger partial charge on any atom is 0.248 e. The number of methoxy groups -OCH3 is 1. The topological polar surface area (TPSA) is 58.6 Å². The van der Waals surface area contributed by atoms with E-state index in [0.29, 0.717) is 18.9 Å². The normalized spacial score (nSPS) is 12.3. The van der Waals surface area contributed by atoms with Crippen molar-refractivity contribution < 1.29 is 14.6 Å². The van der Waals surface area contributed by atoms with Gasteiger partial charge < -0.3 is 15.2 Å². The molecule has 0 fully saturated rings. The van der Waals surface area contributed by atoms with Crippen LogP contribution in [0.15, 0.2) is 18.2 Å². The molecule has 0 aliphatic carbocycles. The van der Waals surface area contributed by atoms with Gasteiger partial charge in [0.05, 0.1) is 7.11 Å². The zero-order valence-electron chi connectivity index (χ0n) is 12.1. The highest BCUT2D eigenvalue weighted by atomic mass is 16.5. The highest BCUT2D eigenvalue weighted by Gasteiger charge is 2.09. The standard InChI is InChI=1S/C15H23NO3/c1-10(2)13-6-5-12(14(9-13)19-4)7-8-16-15(18)11(3)17/h5-6,9-11,17H,7-8H2,1-4H3,(H,16,18). The molecule has 0 aliphatic rings. The summed E-state index contributed by atoms with van der Waals surface area (Å²) in [4.78, 5) is 11.2. The van der Waals surface area contributed by atoms with Gasteiger partial charge in [0.2, 0.25) is 5.91 Å². The Balaban J connectivity index is 2.65. The summed E-state index contributed by atoms with van der Waals surface area (Å²) >= 11 is 0. The van der Waals surface area contributed by atoms with Crippen molar-refractivity contribution in [2.24, 2.45) is 0 Å². The lowest BCUT2D eigenvalue weighted by Crippen LogP contribution is -2.33. The van der Waals surface area contributed by atoms with Crippen LogP contribution in [-0.2, 0) is 11.2 Å². The van der Waals surface area contributed by atoms with Gasteiger partial charge in [-0.2, -0.15) is 0 Å². The van der Waals surface area contributed by atoms with Crippen LogP contribution in [0.25, 0.3) is 0 Å². The minimum Gasteiger partial charge on any atom is -0.496 e. The average molecular weight is 265 g/mol. The molecule has 1 aromatic rings. The quantitative estimate of drug-likeness (QED) is 0.825. The van der Waals surface area contributed by atoms with Crippen molar-refractivity contribution in [2.45, 2.75) is 39.2 Å². The summed E-state index contributed by atoms with van der Waals surface area (Å²) in [6.07, 6.45) is -0.287. The summed E-state index contributed by atoms with van der Waals surface area (Å²) in [5, 5.41) is 11.8. The van der Waals surface area contributed by atoms with Gasteiger partial charge in [0, 0.05) is 6.54 Å². The largest absolute Gasteiger partial charge is 0.496 e. The molecule has 0 radical (unpaired) electrons. The van der Waals surface area contributed by atoms with E-state index in [9.17, 15) is 4.79 Å². The Morgan fingerprint density at radius 3 is 2.58 bits per heavy atom. The third-order valence-corrected chi connectivity index (χ3v) is 3.05. The van der Waals surface area contributed by atoms with E-state index < -0.39 is 6.10 Å². The Bertz CT molecular complexity index is 427. The minimum absolute atomic E-state index is 0.349. The fraction of sp³-hybridized carbons (Fsp3) is 0.533. The molecule has 1 unspecified atom stereocenters. The fourth-order valence-electron chi connectivity index (χ4n) is 1.79. The van der Waals surface area contributed by atoms with Crippen molar-refractivity contribution in [2.75, 3.05) is 13.7 Å². The van der Waals surface area contributed by atoms with Gasteiger partial charge in [-0.3, -0.25) is 4.79 Å². The van der Waals surface area contributed by atoms with Crippen LogP contribution < -0.4 is 10.1 Å². The number of hydrogen-bond acceptors (Lipinski definition) is 3. The Hall–Kier alpha value is -1.55. The number of amides is 1. The SMILES string of the molecule is COc1cc(C(C)C)ccc1CCNC(=O)C(C)O. The molecule has 4 nitrogen and oxygen atoms in total. The van der Waals surface area contributed by atoms with Crippen LogP contribution in [0.4, 0.5) is 0 Å². The first-order valence-electron chi connectivity index (χ1n) is 6.58. The molecule has 0 aromatic heterocycles. The van der Waals surface area contributed by atoms with E-state index in [1.807, 2.05) is 12.1 Å². The number of ether oxygens (including phenoxy) is 1. The van der Waals surface area contributed by atoms with Gasteiger partial charge in [-0.25, -0.2) is 0 Å². The van der Waals surface area contributed by atoms with Crippen molar-refractivity contribution in [3.8, 4) is 5.75 Å². The van der Waals surface area contributed by atoms with Crippen LogP contribution in [0.2, 0.25) is 0 Å². The number of hydrogen-bond donors (Lipinski definition) is 2. The summed E-state index contributed by atoms with van der Waals surface area (Å²) in [7, 11) is 1.65. The number of benzene rings is 1. The maximum atomic E-state index is 11.2. The highest BCUT2D eigenvalue weighted by molar-refractivity contribution is 5.79. The highest BCUT2D eigenvalue weighted by Crippen LogP contribution is 2.24. The zero-order valence-corrected chi connectivity index (χ0v) is 12.1. The van der Waals surface area contributed by atoms with Crippen LogP contribution >= 0.6 is 0 Å². The van der Waals surface area contributed by atoms with Crippen LogP contribution in [-0.4, -0.2) is 30.8 Å². The van der Waals surface area contributed by atoms with E-state index in [0.717, 1.165) is 11.3 Å². The Labute approximate surface area is 114 Å². The molecule has 1 rings (SSSR count). The summed E-state index contributed by atoms with van der Waals surface area (Å²) < 4.78 is 5.38. The summed E-state index contributed by atoms with van der Waals surface area (Å²) in [5.41, 5.74) is 2.28. The lowest BCUT2D eigenvalue weighted by molar-refractivity contribution is -0.128. The molecule has 0 saturated heterocycles. The van der Waals surface area contributed by atoms with E-state index in [1.54, 1.807) is 7.11 Å². The molecular weight excluding hydrogens is 242 g/mol. The second-order valence-electron chi connectivity index (χ2n) is 4.94. The van der Waals surface area contributed by atoms with E-state index in [1.165, 1.54) is 12.5 Å². The third kappa shape index (κ3) is 4.56. The molecule has 0 aliphatic heterocycles. The van der Waals surface area contributed by atoms with Gasteiger partial charge in [-0.05, 0) is 36.5 Å². The molecule has 0 bridgehead atoms. The smallest absolute Gasteiger partial charge is 0.248 e. The number of rotatable bonds is 6. The number of nitrogens with one attached hydrogen (secondary N) is 1. The molecule has 0 saturated carbocycles. The van der Waals surface area contributed by atoms with E-state index >= 15 is 0 Å². The van der Waals surface area contributed by atoms with Crippen LogP contribution in [0.3, 0.4) is 0 Å². The lowest BCUT2D eigenvalue weighted by atomic mass is 10.00. The fourth-order valence-corrected chi connectivity index (χ4v) is 1.79. The first-order valence-corrected chi connectivity index (χ1v) is 6.58. The first kappa shape index (κ1) is 15.5. The molecule has 2 N–H and O–H groups in total. The Morgan fingerprint density at radius 2 is 2.05 bits per heavy atom. The third-order valence-electron chi connectivity index (χ3n) is 3.05. The molecule has 1 amide bonds. The van der Waals surface area contributed by atoms with Gasteiger partial charge in [0.1, 0.15) is 11.9 Å². The van der Waals surface area contributed by atoms with Crippen molar-refractivity contribution in [1.82, 2.24) is 5.32 Å². The first-order chi connectivity index (χ1) is 8.95. The second-order valence-corrected chi connectivity index (χ2v) is 4.94. The molecule has 1 atom stereocenters. The number of carbonyl (C=O) groups excluding carboxylic acids is 1. The van der Waals surface area contributed by atoms with Crippen LogP contribution in [0, 0.1) is 0 Å². The van der Waals surface area contributed by atoms with Crippen LogP contribution in [0.5, 0.6) is 5.75 Å². The summed E-state index contributed by atoms with van der Waals surface area (Å²) in [6, 6.07) is 6.15. The Kier molecular flexibility index (Phi) is 5.83. The van der Waals surface area contributed by atoms with Gasteiger partial charge >= 0.3 is 0 Å². The van der Waals surface area contributed by atoms with E-state index in [-0.39, 0.29) is 5.91 Å². The van der Waals surface area contributed by atoms with Gasteiger partial charge in [-0.15, -0.1) is 0 Å². The predicted octanol–water partition coefficient (Wildman–Crippen LogP) is 1.86. The molecule has 1 aromatic carbocycles. The lowest BCUT2D eigenvalue weighted by Gasteiger charge is -2.13. The molecule has 19 heavy (non-hydrogen) atoms. The zero-order chi connectivity index (χ0) is 14.4. The van der Waals surface area contributed by atoms with Crippen molar-refractivity contribution in [3.05, 3.63) is 29.3 Å². The monoisotopic (exact) mass is 265 g/mol. The number of aliphatic hydroxyl groups excluding tert-OH is 1. The Morgan fingerprint density at radius 1 is 1.37 bits per heavy atom. The van der Waals surface area contributed by atoms with Gasteiger partial charge in [0.15, 0.2) is 0 Å². The molecular formula is C15H23NO3. The second kappa shape index (κ2) is 7.14. The summed E-state index contributed by atoms with van der Waals surface area (Å²) in [5.74, 6) is 0.952. The molecule has 0 heterocycles. The summed E-state index contributed by atoms with van der Waals surface area (Å²) in [6.45, 7) is 6.21. The maximum absolute atomic E-state index is 11.2. The van der Waals surface area contributed by atoms with Gasteiger partial charge in [0.25, 0.3) is 0 Å². The van der Waals surface area contributed by atoms with Crippen molar-refractivity contribution >= 4 is 5.91 Å². The average Bonchev–Trinajstić information content (AvgIpc) is 2.38. The minimum atomic E-state index is -0.967. The molecule has 0 spiro atoms. The number of carbonyl (C=O) groups is 1. The molecule has 106 valence electrons. The van der Waals surface area contributed by atoms with Crippen molar-refractivity contribution in [3.63, 3.8) is 0 Å². The van der Waals surface area contributed by atoms with E-state index in [2.05, 4.69) is 25.2 Å². The predicted molar refractivity (Wildman–Crippen MR) is 75.5 cm³/mol. The van der Waals surface area contributed by atoms with Gasteiger partial charge in [-0.1, -0.05) is 26.0 Å². The molecule has 4 heteroatoms.